The van der Waals surface area contributed by atoms with E-state index in [9.17, 15) is 14.7 Å². The molecule has 4 bridgehead atoms. The van der Waals surface area contributed by atoms with Crippen LogP contribution in [0.25, 0.3) is 0 Å². The first-order chi connectivity index (χ1) is 18.5. The first-order valence-corrected chi connectivity index (χ1v) is 14.8. The second-order valence-corrected chi connectivity index (χ2v) is 12.9. The minimum absolute atomic E-state index is 0.183. The van der Waals surface area contributed by atoms with E-state index in [4.69, 9.17) is 0 Å². The number of hydrogen-bond donors (Lipinski definition) is 2. The highest BCUT2D eigenvalue weighted by atomic mass is 16.3. The van der Waals surface area contributed by atoms with Crippen LogP contribution in [0.1, 0.15) is 74.8 Å². The first-order valence-electron chi connectivity index (χ1n) is 14.8. The standard InChI is InChI=1S/C33H42N2O3/c36-22-24-12-15-35(16-13-24)31(38)33-20-25-17-26(21-33)19-32(18-25,23-33)30(37)34-14-11-29(27-7-3-1-4-8-27)28-9-5-2-6-10-28/h1-10,24-26,29,36H,11-23H2,(H,34,37). The summed E-state index contributed by atoms with van der Waals surface area (Å²) in [5.41, 5.74) is 1.80. The number of hydrogen-bond acceptors (Lipinski definition) is 3. The smallest absolute Gasteiger partial charge is 0.228 e. The quantitative estimate of drug-likeness (QED) is 0.512. The van der Waals surface area contributed by atoms with Crippen molar-refractivity contribution in [2.75, 3.05) is 26.2 Å². The Balaban J connectivity index is 1.14. The summed E-state index contributed by atoms with van der Waals surface area (Å²) in [7, 11) is 0. The minimum atomic E-state index is -0.391. The van der Waals surface area contributed by atoms with Gasteiger partial charge in [0.25, 0.3) is 0 Å². The maximum Gasteiger partial charge on any atom is 0.228 e. The Morgan fingerprint density at radius 2 is 1.42 bits per heavy atom. The van der Waals surface area contributed by atoms with Crippen molar-refractivity contribution in [3.63, 3.8) is 0 Å². The molecule has 38 heavy (non-hydrogen) atoms. The highest BCUT2D eigenvalue weighted by Gasteiger charge is 2.63. The number of piperidine rings is 1. The Labute approximate surface area is 227 Å². The number of nitrogens with zero attached hydrogens (tertiary/aromatic N) is 1. The van der Waals surface area contributed by atoms with Crippen LogP contribution >= 0.6 is 0 Å². The van der Waals surface area contributed by atoms with Gasteiger partial charge in [-0.05, 0) is 86.7 Å². The van der Waals surface area contributed by atoms with Crippen LogP contribution in [0.4, 0.5) is 0 Å². The lowest BCUT2D eigenvalue weighted by Crippen LogP contribution is -2.62. The number of aliphatic hydroxyl groups is 1. The average Bonchev–Trinajstić information content (AvgIpc) is 2.95. The van der Waals surface area contributed by atoms with E-state index in [1.54, 1.807) is 0 Å². The van der Waals surface area contributed by atoms with Crippen molar-refractivity contribution < 1.29 is 14.7 Å². The van der Waals surface area contributed by atoms with Crippen LogP contribution in [0.3, 0.4) is 0 Å². The predicted molar refractivity (Wildman–Crippen MR) is 148 cm³/mol. The maximum absolute atomic E-state index is 14.0. The van der Waals surface area contributed by atoms with Crippen molar-refractivity contribution in [2.24, 2.45) is 28.6 Å². The summed E-state index contributed by atoms with van der Waals surface area (Å²) in [6.45, 7) is 2.36. The van der Waals surface area contributed by atoms with Crippen LogP contribution in [-0.4, -0.2) is 48.1 Å². The molecule has 0 spiro atoms. The fourth-order valence-corrected chi connectivity index (χ4v) is 8.85. The number of rotatable bonds is 8. The van der Waals surface area contributed by atoms with Crippen molar-refractivity contribution >= 4 is 11.8 Å². The Morgan fingerprint density at radius 1 is 0.868 bits per heavy atom. The average molecular weight is 515 g/mol. The van der Waals surface area contributed by atoms with Gasteiger partial charge in [0, 0.05) is 32.2 Å². The van der Waals surface area contributed by atoms with Crippen LogP contribution in [-0.2, 0) is 9.59 Å². The van der Waals surface area contributed by atoms with Crippen LogP contribution < -0.4 is 5.32 Å². The molecule has 1 aliphatic heterocycles. The van der Waals surface area contributed by atoms with E-state index in [0.29, 0.717) is 30.2 Å². The molecule has 5 fully saturated rings. The number of aliphatic hydroxyl groups excluding tert-OH is 1. The van der Waals surface area contributed by atoms with Crippen molar-refractivity contribution in [3.8, 4) is 0 Å². The fourth-order valence-electron chi connectivity index (χ4n) is 8.85. The summed E-state index contributed by atoms with van der Waals surface area (Å²) in [4.78, 5) is 29.9. The molecule has 1 saturated heterocycles. The monoisotopic (exact) mass is 514 g/mol. The molecule has 4 saturated carbocycles. The van der Waals surface area contributed by atoms with Gasteiger partial charge in [-0.1, -0.05) is 60.7 Å². The normalized spacial score (nSPS) is 30.5. The van der Waals surface area contributed by atoms with Crippen molar-refractivity contribution in [1.82, 2.24) is 10.2 Å². The van der Waals surface area contributed by atoms with E-state index < -0.39 is 5.41 Å². The number of likely N-dealkylation sites (tertiary alicyclic amines) is 1. The molecule has 5 aliphatic rings. The number of amides is 2. The molecule has 2 aromatic carbocycles. The zero-order valence-electron chi connectivity index (χ0n) is 22.5. The largest absolute Gasteiger partial charge is 0.396 e. The van der Waals surface area contributed by atoms with Gasteiger partial charge in [0.1, 0.15) is 0 Å². The molecule has 0 aromatic heterocycles. The third kappa shape index (κ3) is 4.79. The van der Waals surface area contributed by atoms with E-state index in [1.807, 2.05) is 12.1 Å². The van der Waals surface area contributed by atoms with Gasteiger partial charge in [-0.15, -0.1) is 0 Å². The fraction of sp³-hybridized carbons (Fsp3) is 0.576. The molecule has 2 N–H and O–H groups in total. The Morgan fingerprint density at radius 3 is 1.97 bits per heavy atom. The first kappa shape index (κ1) is 25.6. The van der Waals surface area contributed by atoms with Gasteiger partial charge in [0.15, 0.2) is 0 Å². The van der Waals surface area contributed by atoms with Crippen molar-refractivity contribution in [1.29, 1.82) is 0 Å². The second kappa shape index (κ2) is 10.5. The van der Waals surface area contributed by atoms with E-state index in [1.165, 1.54) is 17.5 Å². The highest BCUT2D eigenvalue weighted by molar-refractivity contribution is 5.88. The van der Waals surface area contributed by atoms with Gasteiger partial charge in [-0.2, -0.15) is 0 Å². The van der Waals surface area contributed by atoms with Gasteiger partial charge in [-0.3, -0.25) is 9.59 Å². The third-order valence-electron chi connectivity index (χ3n) is 10.3. The molecule has 0 radical (unpaired) electrons. The van der Waals surface area contributed by atoms with E-state index >= 15 is 0 Å². The molecular formula is C33H42N2O3. The van der Waals surface area contributed by atoms with Crippen LogP contribution in [0.15, 0.2) is 60.7 Å². The molecule has 1 heterocycles. The summed E-state index contributed by atoms with van der Waals surface area (Å²) >= 11 is 0. The molecular weight excluding hydrogens is 472 g/mol. The zero-order chi connectivity index (χ0) is 26.2. The third-order valence-corrected chi connectivity index (χ3v) is 10.3. The highest BCUT2D eigenvalue weighted by Crippen LogP contribution is 2.65. The van der Waals surface area contributed by atoms with Gasteiger partial charge in [0.2, 0.25) is 11.8 Å². The van der Waals surface area contributed by atoms with Crippen LogP contribution in [0, 0.1) is 28.6 Å². The van der Waals surface area contributed by atoms with Crippen LogP contribution in [0.2, 0.25) is 0 Å². The molecule has 2 amide bonds. The van der Waals surface area contributed by atoms with Crippen molar-refractivity contribution in [3.05, 3.63) is 71.8 Å². The zero-order valence-corrected chi connectivity index (χ0v) is 22.5. The number of carbonyl (C=O) groups excluding carboxylic acids is 2. The summed E-state index contributed by atoms with van der Waals surface area (Å²) in [5.74, 6) is 2.02. The SMILES string of the molecule is O=C(NCCC(c1ccccc1)c1ccccc1)C12CC3CC(C1)CC(C(=O)N1CCC(CO)CC1)(C3)C2. The van der Waals surface area contributed by atoms with Gasteiger partial charge in [-0.25, -0.2) is 0 Å². The lowest BCUT2D eigenvalue weighted by molar-refractivity contribution is -0.175. The van der Waals surface area contributed by atoms with Gasteiger partial charge < -0.3 is 15.3 Å². The molecule has 5 nitrogen and oxygen atoms in total. The molecule has 7 rings (SSSR count). The summed E-state index contributed by atoms with van der Waals surface area (Å²) in [6.07, 6.45) is 8.34. The van der Waals surface area contributed by atoms with Crippen molar-refractivity contribution in [2.45, 2.75) is 63.7 Å². The number of nitrogens with one attached hydrogen (secondary N) is 1. The number of benzene rings is 2. The molecule has 5 heteroatoms. The van der Waals surface area contributed by atoms with E-state index in [2.05, 4.69) is 58.7 Å². The molecule has 2 aromatic rings. The number of carbonyl (C=O) groups is 2. The Bertz CT molecular complexity index is 1070. The van der Waals surface area contributed by atoms with Gasteiger partial charge in [0.05, 0.1) is 10.8 Å². The lowest BCUT2D eigenvalue weighted by Gasteiger charge is -2.61. The second-order valence-electron chi connectivity index (χ2n) is 12.9. The summed E-state index contributed by atoms with van der Waals surface area (Å²) < 4.78 is 0. The molecule has 2 atom stereocenters. The lowest BCUT2D eigenvalue weighted by atomic mass is 9.43. The van der Waals surface area contributed by atoms with E-state index in [-0.39, 0.29) is 23.8 Å². The maximum atomic E-state index is 14.0. The van der Waals surface area contributed by atoms with Gasteiger partial charge >= 0.3 is 0 Å². The minimum Gasteiger partial charge on any atom is -0.396 e. The summed E-state index contributed by atoms with van der Waals surface area (Å²) in [5, 5.41) is 12.9. The Kier molecular flexibility index (Phi) is 7.07. The molecule has 4 aliphatic carbocycles. The molecule has 202 valence electrons. The van der Waals surface area contributed by atoms with E-state index in [0.717, 1.165) is 64.5 Å². The molecule has 2 unspecified atom stereocenters. The summed E-state index contributed by atoms with van der Waals surface area (Å²) in [6, 6.07) is 21.1. The van der Waals surface area contributed by atoms with Crippen LogP contribution in [0.5, 0.6) is 0 Å². The Hall–Kier alpha value is -2.66. The predicted octanol–water partition coefficient (Wildman–Crippen LogP) is 5.14. The topological polar surface area (TPSA) is 69.6 Å².